The molecule has 1 aliphatic rings. The summed E-state index contributed by atoms with van der Waals surface area (Å²) in [6.07, 6.45) is 0.902. The summed E-state index contributed by atoms with van der Waals surface area (Å²) in [5, 5.41) is 12.8. The van der Waals surface area contributed by atoms with Gasteiger partial charge in [0.1, 0.15) is 5.75 Å². The third-order valence-electron chi connectivity index (χ3n) is 2.49. The first kappa shape index (κ1) is 9.41. The lowest BCUT2D eigenvalue weighted by molar-refractivity contribution is 0.474. The van der Waals surface area contributed by atoms with Gasteiger partial charge in [-0.3, -0.25) is 0 Å². The fourth-order valence-corrected chi connectivity index (χ4v) is 2.05. The topological polar surface area (TPSA) is 32.3 Å². The van der Waals surface area contributed by atoms with Crippen LogP contribution in [0.15, 0.2) is 17.7 Å². The predicted molar refractivity (Wildman–Crippen MR) is 59.8 cm³/mol. The Morgan fingerprint density at radius 1 is 1.50 bits per heavy atom. The maximum Gasteiger partial charge on any atom is 0.116 e. The Bertz CT molecular complexity index is 399. The SMILES string of the molecule is Cc1cc(O)cc2c1NCCC2=CCl. The molecule has 1 aliphatic heterocycles. The minimum Gasteiger partial charge on any atom is -0.508 e. The molecule has 1 aromatic carbocycles. The van der Waals surface area contributed by atoms with Crippen LogP contribution in [0.5, 0.6) is 5.75 Å². The molecule has 0 unspecified atom stereocenters. The minimum atomic E-state index is 0.293. The number of benzene rings is 1. The summed E-state index contributed by atoms with van der Waals surface area (Å²) in [5.41, 5.74) is 5.83. The highest BCUT2D eigenvalue weighted by Crippen LogP contribution is 2.36. The number of hydrogen-bond acceptors (Lipinski definition) is 2. The number of halogens is 1. The molecule has 0 fully saturated rings. The van der Waals surface area contributed by atoms with Crippen molar-refractivity contribution in [2.24, 2.45) is 0 Å². The van der Waals surface area contributed by atoms with Gasteiger partial charge in [-0.15, -0.1) is 0 Å². The van der Waals surface area contributed by atoms with E-state index in [1.165, 1.54) is 0 Å². The Balaban J connectivity index is 2.62. The van der Waals surface area contributed by atoms with Crippen molar-refractivity contribution < 1.29 is 5.11 Å². The summed E-state index contributed by atoms with van der Waals surface area (Å²) in [6, 6.07) is 3.51. The van der Waals surface area contributed by atoms with Crippen molar-refractivity contribution in [3.8, 4) is 5.75 Å². The van der Waals surface area contributed by atoms with Crippen molar-refractivity contribution in [3.63, 3.8) is 0 Å². The van der Waals surface area contributed by atoms with E-state index in [2.05, 4.69) is 5.32 Å². The predicted octanol–water partition coefficient (Wildman–Crippen LogP) is 3.10. The van der Waals surface area contributed by atoms with E-state index >= 15 is 0 Å². The van der Waals surface area contributed by atoms with Gasteiger partial charge in [0.15, 0.2) is 0 Å². The van der Waals surface area contributed by atoms with Crippen LogP contribution in [0.2, 0.25) is 0 Å². The van der Waals surface area contributed by atoms with E-state index in [4.69, 9.17) is 11.6 Å². The van der Waals surface area contributed by atoms with E-state index < -0.39 is 0 Å². The second-order valence-electron chi connectivity index (χ2n) is 3.50. The summed E-state index contributed by atoms with van der Waals surface area (Å²) in [4.78, 5) is 0. The molecule has 2 nitrogen and oxygen atoms in total. The molecule has 74 valence electrons. The van der Waals surface area contributed by atoms with Gasteiger partial charge in [0.05, 0.1) is 0 Å². The second-order valence-corrected chi connectivity index (χ2v) is 3.71. The minimum absolute atomic E-state index is 0.293. The fraction of sp³-hybridized carbons (Fsp3) is 0.273. The average molecular weight is 210 g/mol. The number of hydrogen-bond donors (Lipinski definition) is 2. The standard InChI is InChI=1S/C11H12ClNO/c1-7-4-9(14)5-10-8(6-12)2-3-13-11(7)10/h4-6,13-14H,2-3H2,1H3. The molecule has 1 heterocycles. The van der Waals surface area contributed by atoms with Crippen LogP contribution < -0.4 is 5.32 Å². The zero-order chi connectivity index (χ0) is 10.1. The number of phenols is 1. The molecule has 2 N–H and O–H groups in total. The van der Waals surface area contributed by atoms with E-state index in [9.17, 15) is 5.11 Å². The number of aryl methyl sites for hydroxylation is 1. The number of phenolic OH excluding ortho intramolecular Hbond substituents is 1. The molecule has 0 aliphatic carbocycles. The third-order valence-corrected chi connectivity index (χ3v) is 2.76. The van der Waals surface area contributed by atoms with Gasteiger partial charge in [-0.05, 0) is 36.6 Å². The number of aromatic hydroxyl groups is 1. The van der Waals surface area contributed by atoms with Gasteiger partial charge in [-0.1, -0.05) is 11.6 Å². The van der Waals surface area contributed by atoms with Crippen LogP contribution in [0.1, 0.15) is 17.5 Å². The van der Waals surface area contributed by atoms with Crippen molar-refractivity contribution in [3.05, 3.63) is 28.8 Å². The number of fused-ring (bicyclic) bond motifs is 1. The summed E-state index contributed by atoms with van der Waals surface area (Å²) in [6.45, 7) is 2.87. The van der Waals surface area contributed by atoms with Gasteiger partial charge in [0.25, 0.3) is 0 Å². The average Bonchev–Trinajstić information content (AvgIpc) is 2.17. The molecule has 14 heavy (non-hydrogen) atoms. The van der Waals surface area contributed by atoms with Crippen LogP contribution in [0.4, 0.5) is 5.69 Å². The van der Waals surface area contributed by atoms with Gasteiger partial charge in [-0.2, -0.15) is 0 Å². The molecule has 0 bridgehead atoms. The first-order valence-corrected chi connectivity index (χ1v) is 5.03. The molecule has 0 saturated carbocycles. The highest BCUT2D eigenvalue weighted by Gasteiger charge is 2.15. The Morgan fingerprint density at radius 2 is 2.29 bits per heavy atom. The van der Waals surface area contributed by atoms with E-state index in [0.717, 1.165) is 35.4 Å². The lowest BCUT2D eigenvalue weighted by atomic mass is 9.95. The number of nitrogens with one attached hydrogen (secondary N) is 1. The molecule has 0 atom stereocenters. The maximum absolute atomic E-state index is 9.48. The lowest BCUT2D eigenvalue weighted by Crippen LogP contribution is -2.12. The van der Waals surface area contributed by atoms with Gasteiger partial charge >= 0.3 is 0 Å². The van der Waals surface area contributed by atoms with Crippen molar-refractivity contribution >= 4 is 22.9 Å². The van der Waals surface area contributed by atoms with Crippen LogP contribution in [-0.2, 0) is 0 Å². The molecular formula is C11H12ClNO. The fourth-order valence-electron chi connectivity index (χ4n) is 1.83. The zero-order valence-electron chi connectivity index (χ0n) is 7.97. The smallest absolute Gasteiger partial charge is 0.116 e. The van der Waals surface area contributed by atoms with Crippen LogP contribution in [-0.4, -0.2) is 11.7 Å². The molecule has 2 rings (SSSR count). The van der Waals surface area contributed by atoms with E-state index in [1.807, 2.05) is 6.92 Å². The monoisotopic (exact) mass is 209 g/mol. The normalized spacial score (nSPS) is 17.7. The summed E-state index contributed by atoms with van der Waals surface area (Å²) >= 11 is 5.74. The van der Waals surface area contributed by atoms with Gasteiger partial charge < -0.3 is 10.4 Å². The number of rotatable bonds is 0. The first-order chi connectivity index (χ1) is 6.72. The van der Waals surface area contributed by atoms with Gasteiger partial charge in [0, 0.05) is 23.3 Å². The van der Waals surface area contributed by atoms with E-state index in [1.54, 1.807) is 17.7 Å². The summed E-state index contributed by atoms with van der Waals surface area (Å²) < 4.78 is 0. The van der Waals surface area contributed by atoms with Crippen molar-refractivity contribution in [1.29, 1.82) is 0 Å². The largest absolute Gasteiger partial charge is 0.508 e. The molecular weight excluding hydrogens is 198 g/mol. The molecule has 3 heteroatoms. The van der Waals surface area contributed by atoms with Gasteiger partial charge in [-0.25, -0.2) is 0 Å². The van der Waals surface area contributed by atoms with Crippen molar-refractivity contribution in [2.45, 2.75) is 13.3 Å². The Hall–Kier alpha value is -1.15. The van der Waals surface area contributed by atoms with Crippen molar-refractivity contribution in [2.75, 3.05) is 11.9 Å². The van der Waals surface area contributed by atoms with Crippen LogP contribution >= 0.6 is 11.6 Å². The molecule has 0 spiro atoms. The Morgan fingerprint density at radius 3 is 3.00 bits per heavy atom. The first-order valence-electron chi connectivity index (χ1n) is 4.59. The number of anilines is 1. The van der Waals surface area contributed by atoms with Gasteiger partial charge in [0.2, 0.25) is 0 Å². The van der Waals surface area contributed by atoms with Crippen molar-refractivity contribution in [1.82, 2.24) is 0 Å². The van der Waals surface area contributed by atoms with Crippen LogP contribution in [0.25, 0.3) is 5.57 Å². The molecule has 0 saturated heterocycles. The quantitative estimate of drug-likeness (QED) is 0.644. The summed E-state index contributed by atoms with van der Waals surface area (Å²) in [5.74, 6) is 0.293. The Kier molecular flexibility index (Phi) is 2.38. The van der Waals surface area contributed by atoms with E-state index in [0.29, 0.717) is 5.75 Å². The Labute approximate surface area is 88.2 Å². The van der Waals surface area contributed by atoms with Crippen LogP contribution in [0.3, 0.4) is 0 Å². The van der Waals surface area contributed by atoms with Crippen LogP contribution in [0, 0.1) is 6.92 Å². The summed E-state index contributed by atoms with van der Waals surface area (Å²) in [7, 11) is 0. The van der Waals surface area contributed by atoms with E-state index in [-0.39, 0.29) is 0 Å². The molecule has 1 aromatic rings. The molecule has 0 amide bonds. The highest BCUT2D eigenvalue weighted by molar-refractivity contribution is 6.28. The lowest BCUT2D eigenvalue weighted by Gasteiger charge is -2.22. The maximum atomic E-state index is 9.48. The third kappa shape index (κ3) is 1.46. The molecule has 0 radical (unpaired) electrons. The highest BCUT2D eigenvalue weighted by atomic mass is 35.5. The second kappa shape index (κ2) is 3.54. The molecule has 0 aromatic heterocycles. The zero-order valence-corrected chi connectivity index (χ0v) is 8.73.